The van der Waals surface area contributed by atoms with E-state index in [4.69, 9.17) is 10.5 Å². The Morgan fingerprint density at radius 3 is 2.50 bits per heavy atom. The quantitative estimate of drug-likeness (QED) is 0.858. The maximum Gasteiger partial charge on any atom is 0.0620 e. The average molecular weight is 248 g/mol. The second-order valence-corrected chi connectivity index (χ2v) is 5.39. The van der Waals surface area contributed by atoms with Crippen LogP contribution in [0.1, 0.15) is 43.4 Å². The van der Waals surface area contributed by atoms with Gasteiger partial charge >= 0.3 is 0 Å². The van der Waals surface area contributed by atoms with Gasteiger partial charge in [-0.3, -0.25) is 0 Å². The van der Waals surface area contributed by atoms with Crippen molar-refractivity contribution in [3.05, 3.63) is 35.4 Å². The number of benzene rings is 1. The van der Waals surface area contributed by atoms with E-state index in [-0.39, 0.29) is 6.04 Å². The highest BCUT2D eigenvalue weighted by molar-refractivity contribution is 5.26. The molecule has 1 aliphatic heterocycles. The molecular formula is C15H24N2O. The van der Waals surface area contributed by atoms with Crippen LogP contribution in [0.2, 0.25) is 0 Å². The van der Waals surface area contributed by atoms with E-state index in [9.17, 15) is 0 Å². The van der Waals surface area contributed by atoms with E-state index in [0.717, 1.165) is 26.2 Å². The number of morpholine rings is 1. The Morgan fingerprint density at radius 2 is 1.94 bits per heavy atom. The zero-order valence-corrected chi connectivity index (χ0v) is 11.4. The molecule has 3 heteroatoms. The van der Waals surface area contributed by atoms with Gasteiger partial charge in [0.1, 0.15) is 0 Å². The summed E-state index contributed by atoms with van der Waals surface area (Å²) in [5.74, 6) is 0.573. The predicted molar refractivity (Wildman–Crippen MR) is 74.7 cm³/mol. The van der Waals surface area contributed by atoms with Crippen molar-refractivity contribution in [2.75, 3.05) is 19.8 Å². The first kappa shape index (κ1) is 13.5. The Morgan fingerprint density at radius 1 is 1.28 bits per heavy atom. The lowest BCUT2D eigenvalue weighted by atomic mass is 9.96. The summed E-state index contributed by atoms with van der Waals surface area (Å²) in [6.07, 6.45) is 0.932. The fraction of sp³-hybridized carbons (Fsp3) is 0.600. The van der Waals surface area contributed by atoms with Crippen LogP contribution in [0.15, 0.2) is 24.3 Å². The third-order valence-electron chi connectivity index (χ3n) is 3.57. The lowest BCUT2D eigenvalue weighted by Crippen LogP contribution is -2.42. The molecule has 1 heterocycles. The lowest BCUT2D eigenvalue weighted by molar-refractivity contribution is 0.0720. The molecule has 0 spiro atoms. The zero-order valence-electron chi connectivity index (χ0n) is 11.4. The molecule has 100 valence electrons. The summed E-state index contributed by atoms with van der Waals surface area (Å²) >= 11 is 0. The van der Waals surface area contributed by atoms with Gasteiger partial charge in [-0.2, -0.15) is 0 Å². The molecule has 0 saturated carbocycles. The molecule has 1 fully saturated rings. The highest BCUT2D eigenvalue weighted by Gasteiger charge is 2.17. The molecule has 1 aliphatic rings. The van der Waals surface area contributed by atoms with Gasteiger partial charge in [-0.25, -0.2) is 0 Å². The topological polar surface area (TPSA) is 47.3 Å². The summed E-state index contributed by atoms with van der Waals surface area (Å²) in [5.41, 5.74) is 8.84. The second-order valence-electron chi connectivity index (χ2n) is 5.39. The van der Waals surface area contributed by atoms with Crippen molar-refractivity contribution >= 4 is 0 Å². The van der Waals surface area contributed by atoms with Gasteiger partial charge in [-0.1, -0.05) is 38.1 Å². The van der Waals surface area contributed by atoms with Gasteiger partial charge in [0.05, 0.1) is 13.2 Å². The minimum absolute atomic E-state index is 0.0883. The summed E-state index contributed by atoms with van der Waals surface area (Å²) in [4.78, 5) is 0. The van der Waals surface area contributed by atoms with Crippen LogP contribution < -0.4 is 11.1 Å². The molecule has 2 rings (SSSR count). The minimum atomic E-state index is 0.0883. The first-order chi connectivity index (χ1) is 8.66. The third-order valence-corrected chi connectivity index (χ3v) is 3.57. The number of rotatable bonds is 4. The molecule has 1 aromatic carbocycles. The van der Waals surface area contributed by atoms with Crippen molar-refractivity contribution in [3.63, 3.8) is 0 Å². The molecule has 2 unspecified atom stereocenters. The SMILES string of the molecule is CC(C)c1ccc(C(N)CC2COCCN2)cc1. The van der Waals surface area contributed by atoms with Gasteiger partial charge in [0.15, 0.2) is 0 Å². The fourth-order valence-electron chi connectivity index (χ4n) is 2.34. The first-order valence-electron chi connectivity index (χ1n) is 6.83. The molecule has 2 atom stereocenters. The van der Waals surface area contributed by atoms with Crippen molar-refractivity contribution in [1.82, 2.24) is 5.32 Å². The molecule has 1 saturated heterocycles. The zero-order chi connectivity index (χ0) is 13.0. The maximum absolute atomic E-state index is 6.26. The van der Waals surface area contributed by atoms with Crippen molar-refractivity contribution in [2.45, 2.75) is 38.3 Å². The van der Waals surface area contributed by atoms with Crippen LogP contribution in [-0.2, 0) is 4.74 Å². The van der Waals surface area contributed by atoms with E-state index >= 15 is 0 Å². The number of hydrogen-bond donors (Lipinski definition) is 2. The van der Waals surface area contributed by atoms with Crippen LogP contribution in [0.3, 0.4) is 0 Å². The molecular weight excluding hydrogens is 224 g/mol. The molecule has 0 bridgehead atoms. The second kappa shape index (κ2) is 6.32. The Balaban J connectivity index is 1.93. The molecule has 3 nitrogen and oxygen atoms in total. The van der Waals surface area contributed by atoms with Gasteiger partial charge in [0.2, 0.25) is 0 Å². The Labute approximate surface area is 110 Å². The molecule has 1 aromatic rings. The standard InChI is InChI=1S/C15H24N2O/c1-11(2)12-3-5-13(6-4-12)15(16)9-14-10-18-8-7-17-14/h3-6,11,14-15,17H,7-10,16H2,1-2H3. The van der Waals surface area contributed by atoms with E-state index in [1.807, 2.05) is 0 Å². The maximum atomic E-state index is 6.26. The van der Waals surface area contributed by atoms with Crippen molar-refractivity contribution in [2.24, 2.45) is 5.73 Å². The average Bonchev–Trinajstić information content (AvgIpc) is 2.40. The Kier molecular flexibility index (Phi) is 4.75. The Bertz CT molecular complexity index is 355. The van der Waals surface area contributed by atoms with Gasteiger partial charge in [-0.05, 0) is 23.5 Å². The lowest BCUT2D eigenvalue weighted by Gasteiger charge is -2.26. The van der Waals surface area contributed by atoms with Crippen LogP contribution in [0.25, 0.3) is 0 Å². The molecule has 0 radical (unpaired) electrons. The smallest absolute Gasteiger partial charge is 0.0620 e. The summed E-state index contributed by atoms with van der Waals surface area (Å²) in [6.45, 7) is 6.94. The normalized spacial score (nSPS) is 22.1. The van der Waals surface area contributed by atoms with E-state index < -0.39 is 0 Å². The van der Waals surface area contributed by atoms with Gasteiger partial charge in [0.25, 0.3) is 0 Å². The number of nitrogens with two attached hydrogens (primary N) is 1. The predicted octanol–water partition coefficient (Wildman–Crippen LogP) is 2.19. The van der Waals surface area contributed by atoms with Crippen molar-refractivity contribution < 1.29 is 4.74 Å². The number of ether oxygens (including phenoxy) is 1. The van der Waals surface area contributed by atoms with Gasteiger partial charge < -0.3 is 15.8 Å². The molecule has 3 N–H and O–H groups in total. The van der Waals surface area contributed by atoms with Crippen LogP contribution in [0.4, 0.5) is 0 Å². The fourth-order valence-corrected chi connectivity index (χ4v) is 2.34. The van der Waals surface area contributed by atoms with E-state index in [1.165, 1.54) is 11.1 Å². The first-order valence-corrected chi connectivity index (χ1v) is 6.83. The molecule has 0 amide bonds. The molecule has 0 aliphatic carbocycles. The number of hydrogen-bond acceptors (Lipinski definition) is 3. The van der Waals surface area contributed by atoms with Crippen LogP contribution >= 0.6 is 0 Å². The Hall–Kier alpha value is -0.900. The molecule has 0 aromatic heterocycles. The van der Waals surface area contributed by atoms with Crippen LogP contribution in [0, 0.1) is 0 Å². The summed E-state index contributed by atoms with van der Waals surface area (Å²) in [7, 11) is 0. The van der Waals surface area contributed by atoms with Gasteiger partial charge in [0, 0.05) is 18.6 Å². The highest BCUT2D eigenvalue weighted by atomic mass is 16.5. The van der Waals surface area contributed by atoms with Crippen molar-refractivity contribution in [3.8, 4) is 0 Å². The summed E-state index contributed by atoms with van der Waals surface area (Å²) in [5, 5.41) is 3.44. The number of nitrogens with one attached hydrogen (secondary N) is 1. The third kappa shape index (κ3) is 3.55. The van der Waals surface area contributed by atoms with Gasteiger partial charge in [-0.15, -0.1) is 0 Å². The van der Waals surface area contributed by atoms with E-state index in [0.29, 0.717) is 12.0 Å². The minimum Gasteiger partial charge on any atom is -0.379 e. The van der Waals surface area contributed by atoms with Crippen LogP contribution in [0.5, 0.6) is 0 Å². The van der Waals surface area contributed by atoms with Crippen LogP contribution in [-0.4, -0.2) is 25.8 Å². The summed E-state index contributed by atoms with van der Waals surface area (Å²) in [6, 6.07) is 9.16. The highest BCUT2D eigenvalue weighted by Crippen LogP contribution is 2.20. The van der Waals surface area contributed by atoms with E-state index in [1.54, 1.807) is 0 Å². The van der Waals surface area contributed by atoms with E-state index in [2.05, 4.69) is 43.4 Å². The molecule has 18 heavy (non-hydrogen) atoms. The summed E-state index contributed by atoms with van der Waals surface area (Å²) < 4.78 is 5.45. The van der Waals surface area contributed by atoms with Crippen molar-refractivity contribution in [1.29, 1.82) is 0 Å². The largest absolute Gasteiger partial charge is 0.379 e. The monoisotopic (exact) mass is 248 g/mol.